The molecule has 93 valence electrons. The molecule has 2 rings (SSSR count). The van der Waals surface area contributed by atoms with Crippen molar-refractivity contribution in [1.29, 1.82) is 0 Å². The predicted molar refractivity (Wildman–Crippen MR) is 67.0 cm³/mol. The molecule has 0 saturated heterocycles. The standard InChI is InChI=1S/C12H20BFN3/c1-11(2,13-3)12(14)8-6-4-5-7-9-10(12)16-17-15-9/h4-8H2,1-3H3,(H,15,16,17). The number of hydrogen-bond donors (Lipinski definition) is 1. The summed E-state index contributed by atoms with van der Waals surface area (Å²) in [5.74, 6) is 0. The maximum Gasteiger partial charge on any atom is 0.154 e. The van der Waals surface area contributed by atoms with Crippen molar-refractivity contribution in [2.75, 3.05) is 0 Å². The van der Waals surface area contributed by atoms with E-state index in [0.717, 1.165) is 31.4 Å². The van der Waals surface area contributed by atoms with Crippen molar-refractivity contribution in [1.82, 2.24) is 15.4 Å². The quantitative estimate of drug-likeness (QED) is 0.802. The number of aromatic amines is 1. The molecule has 1 N–H and O–H groups in total. The first kappa shape index (κ1) is 12.6. The minimum absolute atomic E-state index is 0.518. The smallest absolute Gasteiger partial charge is 0.154 e. The molecule has 1 radical (unpaired) electrons. The van der Waals surface area contributed by atoms with E-state index < -0.39 is 11.0 Å². The van der Waals surface area contributed by atoms with Crippen LogP contribution in [0.1, 0.15) is 50.9 Å². The predicted octanol–water partition coefficient (Wildman–Crippen LogP) is 3.04. The highest BCUT2D eigenvalue weighted by atomic mass is 19.1. The van der Waals surface area contributed by atoms with Crippen LogP contribution in [0, 0.1) is 0 Å². The lowest BCUT2D eigenvalue weighted by Gasteiger charge is -2.40. The van der Waals surface area contributed by atoms with Gasteiger partial charge in [0.2, 0.25) is 0 Å². The molecule has 1 atom stereocenters. The third-order valence-electron chi connectivity index (χ3n) is 4.17. The number of halogens is 1. The monoisotopic (exact) mass is 236 g/mol. The van der Waals surface area contributed by atoms with Crippen LogP contribution in [-0.2, 0) is 12.1 Å². The number of nitrogens with zero attached hydrogens (tertiary/aromatic N) is 2. The first-order valence-electron chi connectivity index (χ1n) is 6.41. The zero-order valence-corrected chi connectivity index (χ0v) is 10.9. The van der Waals surface area contributed by atoms with E-state index >= 15 is 4.39 Å². The van der Waals surface area contributed by atoms with Gasteiger partial charge in [0.05, 0.1) is 5.69 Å². The van der Waals surface area contributed by atoms with Crippen LogP contribution in [0.3, 0.4) is 0 Å². The molecule has 17 heavy (non-hydrogen) atoms. The van der Waals surface area contributed by atoms with Crippen molar-refractivity contribution in [3.8, 4) is 0 Å². The van der Waals surface area contributed by atoms with Gasteiger partial charge in [0.15, 0.2) is 5.67 Å². The Morgan fingerprint density at radius 1 is 1.29 bits per heavy atom. The first-order chi connectivity index (χ1) is 8.01. The van der Waals surface area contributed by atoms with Crippen LogP contribution in [0.5, 0.6) is 0 Å². The van der Waals surface area contributed by atoms with Gasteiger partial charge in [-0.15, -0.1) is 0 Å². The Bertz CT molecular complexity index is 391. The van der Waals surface area contributed by atoms with E-state index in [1.807, 2.05) is 28.0 Å². The summed E-state index contributed by atoms with van der Waals surface area (Å²) in [6.45, 7) is 5.79. The number of alkyl halides is 1. The molecular formula is C12H20BFN3. The summed E-state index contributed by atoms with van der Waals surface area (Å²) < 4.78 is 15.5. The topological polar surface area (TPSA) is 41.6 Å². The molecule has 1 aromatic heterocycles. The third-order valence-corrected chi connectivity index (χ3v) is 4.17. The highest BCUT2D eigenvalue weighted by molar-refractivity contribution is 6.38. The molecule has 0 saturated carbocycles. The van der Waals surface area contributed by atoms with Crippen LogP contribution >= 0.6 is 0 Å². The van der Waals surface area contributed by atoms with Crippen LogP contribution in [0.2, 0.25) is 12.1 Å². The molecule has 0 fully saturated rings. The second kappa shape index (κ2) is 4.43. The number of nitrogens with one attached hydrogen (secondary N) is 1. The Morgan fingerprint density at radius 2 is 2.06 bits per heavy atom. The Kier molecular flexibility index (Phi) is 3.28. The maximum atomic E-state index is 15.5. The van der Waals surface area contributed by atoms with Gasteiger partial charge in [-0.25, -0.2) is 4.39 Å². The third kappa shape index (κ3) is 2.00. The molecule has 0 aromatic carbocycles. The Hall–Kier alpha value is -0.865. The fraction of sp³-hybridized carbons (Fsp3) is 0.833. The van der Waals surface area contributed by atoms with Gasteiger partial charge in [-0.05, 0) is 31.0 Å². The summed E-state index contributed by atoms with van der Waals surface area (Å²) in [5, 5.41) is 10.3. The molecule has 0 aliphatic heterocycles. The fourth-order valence-electron chi connectivity index (χ4n) is 2.56. The van der Waals surface area contributed by atoms with Crippen LogP contribution in [0.25, 0.3) is 0 Å². The van der Waals surface area contributed by atoms with Gasteiger partial charge >= 0.3 is 0 Å². The maximum absolute atomic E-state index is 15.5. The minimum atomic E-state index is -1.40. The number of aryl methyl sites for hydroxylation is 1. The van der Waals surface area contributed by atoms with Gasteiger partial charge in [0.25, 0.3) is 0 Å². The van der Waals surface area contributed by atoms with E-state index in [1.165, 1.54) is 0 Å². The average molecular weight is 236 g/mol. The van der Waals surface area contributed by atoms with Crippen LogP contribution in [0.15, 0.2) is 0 Å². The summed E-state index contributed by atoms with van der Waals surface area (Å²) in [6.07, 6.45) is 4.42. The largest absolute Gasteiger partial charge is 0.237 e. The lowest BCUT2D eigenvalue weighted by atomic mass is 9.47. The van der Waals surface area contributed by atoms with Crippen LogP contribution < -0.4 is 0 Å². The molecule has 1 aliphatic carbocycles. The SMILES string of the molecule is C[B]C(C)(C)C1(F)CCCCCc2n[nH]nc21. The summed E-state index contributed by atoms with van der Waals surface area (Å²) in [5.41, 5.74) is -0.0627. The summed E-state index contributed by atoms with van der Waals surface area (Å²) in [7, 11) is 1.94. The van der Waals surface area contributed by atoms with Crippen molar-refractivity contribution in [2.45, 2.75) is 63.8 Å². The van der Waals surface area contributed by atoms with Crippen LogP contribution in [0.4, 0.5) is 4.39 Å². The second-order valence-corrected chi connectivity index (χ2v) is 5.49. The highest BCUT2D eigenvalue weighted by Crippen LogP contribution is 2.52. The molecule has 1 heterocycles. The Labute approximate surface area is 103 Å². The van der Waals surface area contributed by atoms with Gasteiger partial charge in [-0.2, -0.15) is 15.4 Å². The number of aromatic nitrogens is 3. The van der Waals surface area contributed by atoms with E-state index in [9.17, 15) is 0 Å². The zero-order valence-electron chi connectivity index (χ0n) is 10.9. The number of hydrogen-bond acceptors (Lipinski definition) is 2. The van der Waals surface area contributed by atoms with Crippen molar-refractivity contribution in [2.24, 2.45) is 0 Å². The van der Waals surface area contributed by atoms with Gasteiger partial charge < -0.3 is 0 Å². The normalized spacial score (nSPS) is 25.9. The van der Waals surface area contributed by atoms with E-state index in [0.29, 0.717) is 12.1 Å². The lowest BCUT2D eigenvalue weighted by Crippen LogP contribution is -2.38. The van der Waals surface area contributed by atoms with E-state index in [1.54, 1.807) is 0 Å². The molecule has 1 aliphatic rings. The Balaban J connectivity index is 2.47. The van der Waals surface area contributed by atoms with E-state index in [-0.39, 0.29) is 0 Å². The molecule has 0 bridgehead atoms. The van der Waals surface area contributed by atoms with Crippen molar-refractivity contribution in [3.63, 3.8) is 0 Å². The summed E-state index contributed by atoms with van der Waals surface area (Å²) >= 11 is 0. The van der Waals surface area contributed by atoms with Gasteiger partial charge in [-0.1, -0.05) is 27.1 Å². The van der Waals surface area contributed by atoms with Crippen molar-refractivity contribution < 1.29 is 4.39 Å². The van der Waals surface area contributed by atoms with Gasteiger partial charge in [-0.3, -0.25) is 0 Å². The Morgan fingerprint density at radius 3 is 2.76 bits per heavy atom. The fourth-order valence-corrected chi connectivity index (χ4v) is 2.56. The molecular weight excluding hydrogens is 216 g/mol. The number of H-pyrrole nitrogens is 1. The number of rotatable bonds is 2. The van der Waals surface area contributed by atoms with Crippen molar-refractivity contribution >= 4 is 7.28 Å². The van der Waals surface area contributed by atoms with Gasteiger partial charge in [0.1, 0.15) is 13.0 Å². The molecule has 0 spiro atoms. The van der Waals surface area contributed by atoms with E-state index in [2.05, 4.69) is 15.4 Å². The van der Waals surface area contributed by atoms with E-state index in [4.69, 9.17) is 0 Å². The molecule has 1 aromatic rings. The number of fused-ring (bicyclic) bond motifs is 1. The summed E-state index contributed by atoms with van der Waals surface area (Å²) in [6, 6.07) is 0. The lowest BCUT2D eigenvalue weighted by molar-refractivity contribution is 0.0845. The summed E-state index contributed by atoms with van der Waals surface area (Å²) in [4.78, 5) is 0. The second-order valence-electron chi connectivity index (χ2n) is 5.49. The zero-order chi connectivity index (χ0) is 12.5. The first-order valence-corrected chi connectivity index (χ1v) is 6.41. The van der Waals surface area contributed by atoms with Crippen molar-refractivity contribution in [3.05, 3.63) is 11.4 Å². The van der Waals surface area contributed by atoms with Gasteiger partial charge in [0, 0.05) is 0 Å². The molecule has 3 nitrogen and oxygen atoms in total. The molecule has 1 unspecified atom stereocenters. The highest BCUT2D eigenvalue weighted by Gasteiger charge is 2.49. The molecule has 5 heteroatoms. The van der Waals surface area contributed by atoms with Crippen LogP contribution in [-0.4, -0.2) is 22.7 Å². The minimum Gasteiger partial charge on any atom is -0.237 e. The molecule has 0 amide bonds. The average Bonchev–Trinajstić information content (AvgIpc) is 2.73.